The zero-order valence-electron chi connectivity index (χ0n) is 10.1. The van der Waals surface area contributed by atoms with Gasteiger partial charge in [-0.05, 0) is 31.9 Å². The van der Waals surface area contributed by atoms with Crippen molar-refractivity contribution in [2.24, 2.45) is 0 Å². The van der Waals surface area contributed by atoms with Gasteiger partial charge in [0.15, 0.2) is 0 Å². The van der Waals surface area contributed by atoms with Gasteiger partial charge in [-0.25, -0.2) is 0 Å². The first kappa shape index (κ1) is 12.3. The fraction of sp³-hybridized carbons (Fsp3) is 0.417. The molecule has 1 aliphatic rings. The maximum absolute atomic E-state index is 11.9. The molecule has 1 fully saturated rings. The summed E-state index contributed by atoms with van der Waals surface area (Å²) in [4.78, 5) is 22.3. The second-order valence-electron chi connectivity index (χ2n) is 4.27. The number of anilines is 1. The van der Waals surface area contributed by atoms with Gasteiger partial charge in [0.05, 0.1) is 4.92 Å². The maximum atomic E-state index is 11.9. The van der Waals surface area contributed by atoms with Crippen LogP contribution in [0.3, 0.4) is 0 Å². The highest BCUT2D eigenvalue weighted by Crippen LogP contribution is 2.25. The van der Waals surface area contributed by atoms with Crippen LogP contribution in [0, 0.1) is 10.1 Å². The van der Waals surface area contributed by atoms with E-state index in [0.29, 0.717) is 12.2 Å². The third kappa shape index (κ3) is 2.77. The lowest BCUT2D eigenvalue weighted by Gasteiger charge is -2.07. The molecule has 6 heteroatoms. The molecular formula is C12H15N3O3. The van der Waals surface area contributed by atoms with Crippen LogP contribution in [0.2, 0.25) is 0 Å². The van der Waals surface area contributed by atoms with Crippen LogP contribution in [-0.4, -0.2) is 23.4 Å². The van der Waals surface area contributed by atoms with Crippen LogP contribution >= 0.6 is 0 Å². The normalized spacial score (nSPS) is 14.1. The van der Waals surface area contributed by atoms with E-state index in [2.05, 4.69) is 10.6 Å². The smallest absolute Gasteiger partial charge is 0.282 e. The summed E-state index contributed by atoms with van der Waals surface area (Å²) in [6.07, 6.45) is 1.90. The zero-order chi connectivity index (χ0) is 13.1. The minimum Gasteiger partial charge on any atom is -0.385 e. The molecule has 2 N–H and O–H groups in total. The molecule has 0 aromatic heterocycles. The van der Waals surface area contributed by atoms with E-state index in [0.717, 1.165) is 12.8 Å². The molecular weight excluding hydrogens is 234 g/mol. The van der Waals surface area contributed by atoms with Crippen LogP contribution in [0.1, 0.15) is 30.1 Å². The number of benzene rings is 1. The van der Waals surface area contributed by atoms with E-state index < -0.39 is 4.92 Å². The highest BCUT2D eigenvalue weighted by Gasteiger charge is 2.27. The highest BCUT2D eigenvalue weighted by atomic mass is 16.6. The molecule has 6 nitrogen and oxygen atoms in total. The zero-order valence-corrected chi connectivity index (χ0v) is 10.1. The molecule has 1 aromatic carbocycles. The van der Waals surface area contributed by atoms with Crippen LogP contribution in [0.15, 0.2) is 18.2 Å². The van der Waals surface area contributed by atoms with Gasteiger partial charge in [0.25, 0.3) is 11.6 Å². The predicted molar refractivity (Wildman–Crippen MR) is 67.7 cm³/mol. The Morgan fingerprint density at radius 2 is 2.22 bits per heavy atom. The van der Waals surface area contributed by atoms with Gasteiger partial charge >= 0.3 is 0 Å². The van der Waals surface area contributed by atoms with Gasteiger partial charge in [0.1, 0.15) is 5.56 Å². The molecule has 2 rings (SSSR count). The number of nitro groups is 1. The van der Waals surface area contributed by atoms with Crippen molar-refractivity contribution in [3.05, 3.63) is 33.9 Å². The summed E-state index contributed by atoms with van der Waals surface area (Å²) in [5.74, 6) is -0.371. The van der Waals surface area contributed by atoms with Crippen molar-refractivity contribution < 1.29 is 9.72 Å². The molecule has 0 atom stereocenters. The fourth-order valence-corrected chi connectivity index (χ4v) is 1.68. The second-order valence-corrected chi connectivity index (χ2v) is 4.27. The predicted octanol–water partition coefficient (Wildman–Crippen LogP) is 1.92. The van der Waals surface area contributed by atoms with Crippen molar-refractivity contribution in [3.63, 3.8) is 0 Å². The lowest BCUT2D eigenvalue weighted by molar-refractivity contribution is -0.385. The summed E-state index contributed by atoms with van der Waals surface area (Å²) < 4.78 is 0. The van der Waals surface area contributed by atoms with Crippen LogP contribution in [-0.2, 0) is 0 Å². The van der Waals surface area contributed by atoms with Gasteiger partial charge in [0.2, 0.25) is 0 Å². The van der Waals surface area contributed by atoms with Crippen LogP contribution in [0.4, 0.5) is 11.4 Å². The number of nitrogens with one attached hydrogen (secondary N) is 2. The largest absolute Gasteiger partial charge is 0.385 e. The molecule has 0 radical (unpaired) electrons. The molecule has 96 valence electrons. The molecule has 1 aromatic rings. The van der Waals surface area contributed by atoms with E-state index in [1.54, 1.807) is 6.07 Å². The SMILES string of the molecule is CCNc1ccc([N+](=O)[O-])c(C(=O)NC2CC2)c1. The van der Waals surface area contributed by atoms with Crippen molar-refractivity contribution in [1.29, 1.82) is 0 Å². The van der Waals surface area contributed by atoms with Crippen LogP contribution < -0.4 is 10.6 Å². The first-order chi connectivity index (χ1) is 8.61. The molecule has 0 heterocycles. The summed E-state index contributed by atoms with van der Waals surface area (Å²) in [6, 6.07) is 4.68. The van der Waals surface area contributed by atoms with E-state index in [-0.39, 0.29) is 23.2 Å². The third-order valence-electron chi connectivity index (χ3n) is 2.73. The number of hydrogen-bond donors (Lipinski definition) is 2. The maximum Gasteiger partial charge on any atom is 0.282 e. The van der Waals surface area contributed by atoms with Crippen molar-refractivity contribution in [1.82, 2.24) is 5.32 Å². The lowest BCUT2D eigenvalue weighted by atomic mass is 10.1. The summed E-state index contributed by atoms with van der Waals surface area (Å²) in [5, 5.41) is 16.7. The van der Waals surface area contributed by atoms with Crippen molar-refractivity contribution >= 4 is 17.3 Å². The van der Waals surface area contributed by atoms with Crippen molar-refractivity contribution in [2.45, 2.75) is 25.8 Å². The van der Waals surface area contributed by atoms with Gasteiger partial charge in [-0.2, -0.15) is 0 Å². The minimum absolute atomic E-state index is 0.116. The van der Waals surface area contributed by atoms with E-state index in [4.69, 9.17) is 0 Å². The second kappa shape index (κ2) is 5.03. The Morgan fingerprint density at radius 1 is 1.50 bits per heavy atom. The number of nitro benzene ring substituents is 1. The lowest BCUT2D eigenvalue weighted by Crippen LogP contribution is -2.26. The average Bonchev–Trinajstić information content (AvgIpc) is 3.13. The monoisotopic (exact) mass is 249 g/mol. The Hall–Kier alpha value is -2.11. The van der Waals surface area contributed by atoms with Crippen molar-refractivity contribution in [3.8, 4) is 0 Å². The number of carbonyl (C=O) groups excluding carboxylic acids is 1. The van der Waals surface area contributed by atoms with Crippen molar-refractivity contribution in [2.75, 3.05) is 11.9 Å². The fourth-order valence-electron chi connectivity index (χ4n) is 1.68. The Bertz CT molecular complexity index is 483. The number of carbonyl (C=O) groups is 1. The number of amides is 1. The van der Waals surface area contributed by atoms with Crippen LogP contribution in [0.5, 0.6) is 0 Å². The van der Waals surface area contributed by atoms with Gasteiger partial charge in [-0.1, -0.05) is 0 Å². The quantitative estimate of drug-likeness (QED) is 0.616. The molecule has 18 heavy (non-hydrogen) atoms. The van der Waals surface area contributed by atoms with E-state index >= 15 is 0 Å². The number of hydrogen-bond acceptors (Lipinski definition) is 4. The summed E-state index contributed by atoms with van der Waals surface area (Å²) in [7, 11) is 0. The van der Waals surface area contributed by atoms with Crippen LogP contribution in [0.25, 0.3) is 0 Å². The molecule has 0 unspecified atom stereocenters. The first-order valence-corrected chi connectivity index (χ1v) is 5.95. The first-order valence-electron chi connectivity index (χ1n) is 5.95. The van der Waals surface area contributed by atoms with E-state index in [1.807, 2.05) is 6.92 Å². The van der Waals surface area contributed by atoms with Gasteiger partial charge in [-0.15, -0.1) is 0 Å². The molecule has 0 saturated heterocycles. The Balaban J connectivity index is 2.29. The van der Waals surface area contributed by atoms with Gasteiger partial charge < -0.3 is 10.6 Å². The van der Waals surface area contributed by atoms with Gasteiger partial charge in [-0.3, -0.25) is 14.9 Å². The summed E-state index contributed by atoms with van der Waals surface area (Å²) in [6.45, 7) is 2.62. The number of nitrogens with zero attached hydrogens (tertiary/aromatic N) is 1. The summed E-state index contributed by atoms with van der Waals surface area (Å²) in [5.41, 5.74) is 0.671. The number of rotatable bonds is 5. The molecule has 1 amide bonds. The Morgan fingerprint density at radius 3 is 2.78 bits per heavy atom. The Labute approximate surface area is 105 Å². The van der Waals surface area contributed by atoms with E-state index in [1.165, 1.54) is 12.1 Å². The summed E-state index contributed by atoms with van der Waals surface area (Å²) >= 11 is 0. The molecule has 0 aliphatic heterocycles. The third-order valence-corrected chi connectivity index (χ3v) is 2.73. The molecule has 0 bridgehead atoms. The minimum atomic E-state index is -0.530. The topological polar surface area (TPSA) is 84.3 Å². The molecule has 1 aliphatic carbocycles. The average molecular weight is 249 g/mol. The Kier molecular flexibility index (Phi) is 3.45. The van der Waals surface area contributed by atoms with Gasteiger partial charge in [0, 0.05) is 24.3 Å². The van der Waals surface area contributed by atoms with E-state index in [9.17, 15) is 14.9 Å². The highest BCUT2D eigenvalue weighted by molar-refractivity contribution is 5.99. The standard InChI is InChI=1S/C12H15N3O3/c1-2-13-9-5-6-11(15(17)18)10(7-9)12(16)14-8-3-4-8/h5-8,13H,2-4H2,1H3,(H,14,16). The molecule has 0 spiro atoms. The molecule has 1 saturated carbocycles.